The van der Waals surface area contributed by atoms with Crippen LogP contribution in [0.15, 0.2) is 30.5 Å². The van der Waals surface area contributed by atoms with Crippen molar-refractivity contribution in [2.45, 2.75) is 13.8 Å². The second kappa shape index (κ2) is 6.98. The van der Waals surface area contributed by atoms with Crippen LogP contribution in [0.25, 0.3) is 11.0 Å². The highest BCUT2D eigenvalue weighted by molar-refractivity contribution is 7.17. The molecule has 1 N–H and O–H groups in total. The molecule has 3 aromatic rings. The van der Waals surface area contributed by atoms with Crippen molar-refractivity contribution >= 4 is 34.0 Å². The number of benzene rings is 1. The average Bonchev–Trinajstić information content (AvgIpc) is 3.07. The normalized spacial score (nSPS) is 11.2. The fourth-order valence-electron chi connectivity index (χ4n) is 2.53. The molecule has 25 heavy (non-hydrogen) atoms. The summed E-state index contributed by atoms with van der Waals surface area (Å²) in [5.41, 5.74) is 2.43. The summed E-state index contributed by atoms with van der Waals surface area (Å²) in [6.45, 7) is 3.97. The predicted molar refractivity (Wildman–Crippen MR) is 99.8 cm³/mol. The first-order valence-electron chi connectivity index (χ1n) is 7.68. The second-order valence-corrected chi connectivity index (χ2v) is 6.68. The Morgan fingerprint density at radius 2 is 2.00 bits per heavy atom. The smallest absolute Gasteiger partial charge is 0.248 e. The number of amides is 1. The van der Waals surface area contributed by atoms with Crippen molar-refractivity contribution in [2.75, 3.05) is 19.5 Å². The molecule has 2 heterocycles. The zero-order valence-electron chi connectivity index (χ0n) is 14.5. The summed E-state index contributed by atoms with van der Waals surface area (Å²) in [7, 11) is 3.12. The lowest BCUT2D eigenvalue weighted by Gasteiger charge is -2.09. The quantitative estimate of drug-likeness (QED) is 0.708. The molecule has 0 spiro atoms. The minimum absolute atomic E-state index is 0.228. The van der Waals surface area contributed by atoms with Gasteiger partial charge in [-0.1, -0.05) is 0 Å². The molecule has 0 radical (unpaired) electrons. The van der Waals surface area contributed by atoms with E-state index in [4.69, 9.17) is 9.47 Å². The first-order valence-corrected chi connectivity index (χ1v) is 8.49. The summed E-state index contributed by atoms with van der Waals surface area (Å²) in [5.74, 6) is 0.945. The van der Waals surface area contributed by atoms with E-state index in [1.54, 1.807) is 49.8 Å². The Labute approximate surface area is 149 Å². The van der Waals surface area contributed by atoms with Gasteiger partial charge in [0.15, 0.2) is 16.5 Å². The molecule has 7 heteroatoms. The van der Waals surface area contributed by atoms with Crippen molar-refractivity contribution in [3.8, 4) is 11.5 Å². The lowest BCUT2D eigenvalue weighted by Crippen LogP contribution is -2.08. The SMILES string of the molecule is COc1ccc(NC(=O)/C=C/c2c(C)nc3sc(C)cn23)cc1OC. The number of carbonyl (C=O) groups is 1. The number of aryl methyl sites for hydroxylation is 2. The highest BCUT2D eigenvalue weighted by Crippen LogP contribution is 2.29. The molecule has 0 saturated carbocycles. The number of nitrogens with zero attached hydrogens (tertiary/aromatic N) is 2. The monoisotopic (exact) mass is 357 g/mol. The average molecular weight is 357 g/mol. The molecule has 0 fully saturated rings. The molecule has 0 atom stereocenters. The summed E-state index contributed by atoms with van der Waals surface area (Å²) in [6.07, 6.45) is 5.30. The van der Waals surface area contributed by atoms with Crippen LogP contribution in [-0.4, -0.2) is 29.5 Å². The van der Waals surface area contributed by atoms with Gasteiger partial charge in [-0.25, -0.2) is 4.98 Å². The molecule has 0 bridgehead atoms. The van der Waals surface area contributed by atoms with E-state index in [0.29, 0.717) is 17.2 Å². The fraction of sp³-hybridized carbons (Fsp3) is 0.222. The van der Waals surface area contributed by atoms with E-state index in [-0.39, 0.29) is 5.91 Å². The molecular weight excluding hydrogens is 338 g/mol. The van der Waals surface area contributed by atoms with Gasteiger partial charge in [0.05, 0.1) is 25.6 Å². The van der Waals surface area contributed by atoms with Gasteiger partial charge in [0.2, 0.25) is 5.91 Å². The van der Waals surface area contributed by atoms with Crippen molar-refractivity contribution < 1.29 is 14.3 Å². The van der Waals surface area contributed by atoms with Gasteiger partial charge in [-0.05, 0) is 32.1 Å². The predicted octanol–water partition coefficient (Wildman–Crippen LogP) is 3.68. The number of hydrogen-bond acceptors (Lipinski definition) is 5. The number of methoxy groups -OCH3 is 2. The molecule has 0 unspecified atom stereocenters. The van der Waals surface area contributed by atoms with Gasteiger partial charge in [0, 0.05) is 28.9 Å². The van der Waals surface area contributed by atoms with Gasteiger partial charge in [-0.2, -0.15) is 0 Å². The number of nitrogens with one attached hydrogen (secondary N) is 1. The van der Waals surface area contributed by atoms with Crippen LogP contribution in [0.2, 0.25) is 0 Å². The van der Waals surface area contributed by atoms with Crippen LogP contribution in [0.5, 0.6) is 11.5 Å². The zero-order valence-corrected chi connectivity index (χ0v) is 15.3. The minimum atomic E-state index is -0.228. The molecule has 0 saturated heterocycles. The van der Waals surface area contributed by atoms with Crippen molar-refractivity contribution in [2.24, 2.45) is 0 Å². The zero-order chi connectivity index (χ0) is 18.0. The third-order valence-electron chi connectivity index (χ3n) is 3.71. The van der Waals surface area contributed by atoms with Crippen LogP contribution >= 0.6 is 11.3 Å². The standard InChI is InChI=1S/C18H19N3O3S/c1-11-10-21-14(12(2)19-18(21)25-11)6-8-17(22)20-13-5-7-15(23-3)16(9-13)24-4/h5-10H,1-4H3,(H,20,22)/b8-6+. The molecule has 6 nitrogen and oxygen atoms in total. The summed E-state index contributed by atoms with van der Waals surface area (Å²) < 4.78 is 12.4. The minimum Gasteiger partial charge on any atom is -0.493 e. The fourth-order valence-corrected chi connectivity index (χ4v) is 3.41. The number of carbonyl (C=O) groups excluding carboxylic acids is 1. The van der Waals surface area contributed by atoms with E-state index in [9.17, 15) is 4.79 Å². The Morgan fingerprint density at radius 1 is 1.24 bits per heavy atom. The molecular formula is C18H19N3O3S. The number of thiazole rings is 1. The molecule has 2 aromatic heterocycles. The summed E-state index contributed by atoms with van der Waals surface area (Å²) >= 11 is 1.62. The maximum Gasteiger partial charge on any atom is 0.248 e. The van der Waals surface area contributed by atoms with Gasteiger partial charge >= 0.3 is 0 Å². The summed E-state index contributed by atoms with van der Waals surface area (Å²) in [4.78, 5) is 18.8. The first kappa shape index (κ1) is 17.0. The Morgan fingerprint density at radius 3 is 2.72 bits per heavy atom. The molecule has 3 rings (SSSR count). The number of aromatic nitrogens is 2. The number of ether oxygens (including phenoxy) is 2. The van der Waals surface area contributed by atoms with Gasteiger partial charge in [-0.3, -0.25) is 9.20 Å². The molecule has 0 aliphatic carbocycles. The highest BCUT2D eigenvalue weighted by Gasteiger charge is 2.10. The highest BCUT2D eigenvalue weighted by atomic mass is 32.1. The summed E-state index contributed by atoms with van der Waals surface area (Å²) in [6, 6.07) is 5.23. The van der Waals surface area contributed by atoms with Gasteiger partial charge in [-0.15, -0.1) is 11.3 Å². The lowest BCUT2D eigenvalue weighted by atomic mass is 10.2. The number of hydrogen-bond donors (Lipinski definition) is 1. The van der Waals surface area contributed by atoms with E-state index >= 15 is 0 Å². The van der Waals surface area contributed by atoms with E-state index in [2.05, 4.69) is 10.3 Å². The maximum atomic E-state index is 12.2. The third kappa shape index (κ3) is 3.51. The first-order chi connectivity index (χ1) is 12.0. The van der Waals surface area contributed by atoms with Gasteiger partial charge < -0.3 is 14.8 Å². The van der Waals surface area contributed by atoms with Crippen LogP contribution < -0.4 is 14.8 Å². The van der Waals surface area contributed by atoms with E-state index in [1.165, 1.54) is 11.0 Å². The largest absolute Gasteiger partial charge is 0.493 e. The number of anilines is 1. The van der Waals surface area contributed by atoms with Gasteiger partial charge in [0.25, 0.3) is 0 Å². The lowest BCUT2D eigenvalue weighted by molar-refractivity contribution is -0.111. The number of fused-ring (bicyclic) bond motifs is 1. The Hall–Kier alpha value is -2.80. The van der Waals surface area contributed by atoms with Crippen LogP contribution in [0.4, 0.5) is 5.69 Å². The third-order valence-corrected chi connectivity index (χ3v) is 4.60. The van der Waals surface area contributed by atoms with Crippen molar-refractivity contribution in [3.05, 3.63) is 46.7 Å². The Bertz CT molecular complexity index is 956. The summed E-state index contributed by atoms with van der Waals surface area (Å²) in [5, 5.41) is 2.81. The molecule has 1 aromatic carbocycles. The molecule has 0 aliphatic heterocycles. The second-order valence-electron chi connectivity index (χ2n) is 5.47. The van der Waals surface area contributed by atoms with Crippen LogP contribution in [0, 0.1) is 13.8 Å². The van der Waals surface area contributed by atoms with E-state index in [1.807, 2.05) is 24.4 Å². The van der Waals surface area contributed by atoms with Crippen molar-refractivity contribution in [1.82, 2.24) is 9.38 Å². The Balaban J connectivity index is 1.77. The number of rotatable bonds is 5. The molecule has 1 amide bonds. The van der Waals surface area contributed by atoms with Gasteiger partial charge in [0.1, 0.15) is 0 Å². The van der Waals surface area contributed by atoms with Crippen LogP contribution in [-0.2, 0) is 4.79 Å². The van der Waals surface area contributed by atoms with E-state index < -0.39 is 0 Å². The van der Waals surface area contributed by atoms with Crippen LogP contribution in [0.1, 0.15) is 16.3 Å². The molecule has 130 valence electrons. The molecule has 0 aliphatic rings. The Kier molecular flexibility index (Phi) is 4.76. The van der Waals surface area contributed by atoms with Crippen LogP contribution in [0.3, 0.4) is 0 Å². The van der Waals surface area contributed by atoms with Crippen molar-refractivity contribution in [3.63, 3.8) is 0 Å². The van der Waals surface area contributed by atoms with E-state index in [0.717, 1.165) is 16.3 Å². The van der Waals surface area contributed by atoms with Crippen molar-refractivity contribution in [1.29, 1.82) is 0 Å². The topological polar surface area (TPSA) is 64.9 Å². The number of imidazole rings is 1. The maximum absolute atomic E-state index is 12.2.